The van der Waals surface area contributed by atoms with E-state index in [1.165, 1.54) is 103 Å². The van der Waals surface area contributed by atoms with Crippen LogP contribution in [0.1, 0.15) is 149 Å². The average Bonchev–Trinajstić information content (AvgIpc) is 3.36. The van der Waals surface area contributed by atoms with E-state index in [1.807, 2.05) is 4.90 Å². The molecule has 0 aromatic rings. The molecule has 0 N–H and O–H groups in total. The highest BCUT2D eigenvalue weighted by Crippen LogP contribution is 2.18. The van der Waals surface area contributed by atoms with Crippen LogP contribution >= 0.6 is 0 Å². The van der Waals surface area contributed by atoms with Gasteiger partial charge in [0.25, 0.3) is 0 Å². The third-order valence-corrected chi connectivity index (χ3v) is 7.17. The van der Waals surface area contributed by atoms with Crippen molar-refractivity contribution in [3.8, 4) is 0 Å². The number of carbonyl (C=O) groups excluding carboxylic acids is 1. The Morgan fingerprint density at radius 2 is 1.15 bits per heavy atom. The van der Waals surface area contributed by atoms with Crippen molar-refractivity contribution in [2.24, 2.45) is 5.92 Å². The number of likely N-dealkylation sites (tertiary alicyclic amines) is 1. The van der Waals surface area contributed by atoms with Crippen LogP contribution in [0.25, 0.3) is 0 Å². The van der Waals surface area contributed by atoms with Crippen molar-refractivity contribution in [3.63, 3.8) is 0 Å². The van der Waals surface area contributed by atoms with E-state index >= 15 is 0 Å². The summed E-state index contributed by atoms with van der Waals surface area (Å²) in [6.45, 7) is 6.72. The zero-order valence-corrected chi connectivity index (χ0v) is 22.5. The molecular formula is C31H57NO. The standard InChI is InChI=1S/C31H57NO/c1-3-4-5-20-25-30(2)26-21-18-16-14-12-10-8-6-7-9-11-13-15-17-19-22-27-31(33)32-28-23-24-29-32/h7,9,15,17,30H,3-6,8,10-14,16,18-29H2,1-2H3. The molecule has 1 atom stereocenters. The minimum Gasteiger partial charge on any atom is -0.343 e. The Labute approximate surface area is 207 Å². The lowest BCUT2D eigenvalue weighted by molar-refractivity contribution is -0.130. The van der Waals surface area contributed by atoms with Gasteiger partial charge in [-0.3, -0.25) is 4.79 Å². The van der Waals surface area contributed by atoms with Gasteiger partial charge in [0, 0.05) is 19.5 Å². The fourth-order valence-electron chi connectivity index (χ4n) is 4.86. The molecule has 1 fully saturated rings. The van der Waals surface area contributed by atoms with E-state index < -0.39 is 0 Å². The predicted molar refractivity (Wildman–Crippen MR) is 147 cm³/mol. The van der Waals surface area contributed by atoms with Crippen molar-refractivity contribution in [3.05, 3.63) is 24.3 Å². The lowest BCUT2D eigenvalue weighted by atomic mass is 9.96. The van der Waals surface area contributed by atoms with Crippen LogP contribution in [0, 0.1) is 5.92 Å². The minimum absolute atomic E-state index is 0.363. The summed E-state index contributed by atoms with van der Waals surface area (Å²) in [7, 11) is 0. The van der Waals surface area contributed by atoms with Gasteiger partial charge >= 0.3 is 0 Å². The molecule has 1 unspecified atom stereocenters. The molecule has 33 heavy (non-hydrogen) atoms. The minimum atomic E-state index is 0.363. The SMILES string of the molecule is CCCCCCC(C)CCCCCCCCCC=CCCC=CCCCC(=O)N1CCCC1. The monoisotopic (exact) mass is 459 g/mol. The number of carbonyl (C=O) groups is 1. The predicted octanol–water partition coefficient (Wildman–Crippen LogP) is 9.79. The molecule has 0 spiro atoms. The fourth-order valence-corrected chi connectivity index (χ4v) is 4.86. The molecular weight excluding hydrogens is 402 g/mol. The molecule has 0 aromatic carbocycles. The van der Waals surface area contributed by atoms with Crippen molar-refractivity contribution >= 4 is 5.91 Å². The van der Waals surface area contributed by atoms with Gasteiger partial charge in [0.1, 0.15) is 0 Å². The second-order valence-electron chi connectivity index (χ2n) is 10.5. The van der Waals surface area contributed by atoms with E-state index in [0.717, 1.165) is 51.1 Å². The lowest BCUT2D eigenvalue weighted by Gasteiger charge is -2.14. The van der Waals surface area contributed by atoms with Crippen LogP contribution in [0.5, 0.6) is 0 Å². The second-order valence-corrected chi connectivity index (χ2v) is 10.5. The van der Waals surface area contributed by atoms with Crippen molar-refractivity contribution in [1.82, 2.24) is 4.90 Å². The first kappa shape index (κ1) is 30.0. The number of nitrogens with zero attached hydrogens (tertiary/aromatic N) is 1. The Balaban J connectivity index is 1.77. The Morgan fingerprint density at radius 1 is 0.667 bits per heavy atom. The van der Waals surface area contributed by atoms with Crippen LogP contribution in [0.3, 0.4) is 0 Å². The van der Waals surface area contributed by atoms with Gasteiger partial charge in [-0.15, -0.1) is 0 Å². The first-order valence-corrected chi connectivity index (χ1v) is 14.8. The van der Waals surface area contributed by atoms with E-state index in [9.17, 15) is 4.79 Å². The molecule has 0 radical (unpaired) electrons. The molecule has 0 aromatic heterocycles. The molecule has 0 bridgehead atoms. The maximum absolute atomic E-state index is 12.0. The van der Waals surface area contributed by atoms with Crippen LogP contribution in [0.4, 0.5) is 0 Å². The van der Waals surface area contributed by atoms with Gasteiger partial charge < -0.3 is 4.90 Å². The largest absolute Gasteiger partial charge is 0.343 e. The van der Waals surface area contributed by atoms with E-state index in [0.29, 0.717) is 5.91 Å². The molecule has 2 heteroatoms. The number of allylic oxidation sites excluding steroid dienone is 4. The first-order chi connectivity index (χ1) is 16.2. The number of amides is 1. The van der Waals surface area contributed by atoms with Gasteiger partial charge in [0.2, 0.25) is 5.91 Å². The zero-order valence-electron chi connectivity index (χ0n) is 22.5. The fraction of sp³-hybridized carbons (Fsp3) is 0.839. The summed E-state index contributed by atoms with van der Waals surface area (Å²) in [6, 6.07) is 0. The molecule has 0 saturated carbocycles. The van der Waals surface area contributed by atoms with Gasteiger partial charge in [-0.2, -0.15) is 0 Å². The normalized spacial score (nSPS) is 15.3. The second kappa shape index (κ2) is 22.7. The maximum atomic E-state index is 12.0. The summed E-state index contributed by atoms with van der Waals surface area (Å²) >= 11 is 0. The third-order valence-electron chi connectivity index (χ3n) is 7.17. The van der Waals surface area contributed by atoms with Crippen LogP contribution in [-0.4, -0.2) is 23.9 Å². The highest BCUT2D eigenvalue weighted by atomic mass is 16.2. The summed E-state index contributed by atoms with van der Waals surface area (Å²) in [5.74, 6) is 1.31. The van der Waals surface area contributed by atoms with Gasteiger partial charge in [-0.25, -0.2) is 0 Å². The molecule has 1 rings (SSSR count). The van der Waals surface area contributed by atoms with Crippen LogP contribution in [0.2, 0.25) is 0 Å². The van der Waals surface area contributed by atoms with E-state index in [-0.39, 0.29) is 0 Å². The summed E-state index contributed by atoms with van der Waals surface area (Å²) in [5.41, 5.74) is 0. The summed E-state index contributed by atoms with van der Waals surface area (Å²) in [6.07, 6.45) is 36.5. The third kappa shape index (κ3) is 19.0. The van der Waals surface area contributed by atoms with E-state index in [2.05, 4.69) is 38.2 Å². The Bertz CT molecular complexity index is 489. The highest BCUT2D eigenvalue weighted by molar-refractivity contribution is 5.76. The molecule has 2 nitrogen and oxygen atoms in total. The van der Waals surface area contributed by atoms with Gasteiger partial charge in [-0.05, 0) is 57.3 Å². The summed E-state index contributed by atoms with van der Waals surface area (Å²) < 4.78 is 0. The number of rotatable bonds is 22. The smallest absolute Gasteiger partial charge is 0.222 e. The molecule has 192 valence electrons. The maximum Gasteiger partial charge on any atom is 0.222 e. The molecule has 1 amide bonds. The summed E-state index contributed by atoms with van der Waals surface area (Å²) in [4.78, 5) is 14.0. The first-order valence-electron chi connectivity index (χ1n) is 14.8. The Hall–Kier alpha value is -1.05. The van der Waals surface area contributed by atoms with Crippen molar-refractivity contribution in [2.45, 2.75) is 149 Å². The number of unbranched alkanes of at least 4 members (excludes halogenated alkanes) is 12. The van der Waals surface area contributed by atoms with Gasteiger partial charge in [-0.1, -0.05) is 115 Å². The molecule has 1 saturated heterocycles. The quantitative estimate of drug-likeness (QED) is 0.116. The number of hydrogen-bond donors (Lipinski definition) is 0. The molecule has 1 aliphatic rings. The Morgan fingerprint density at radius 3 is 1.76 bits per heavy atom. The number of hydrogen-bond acceptors (Lipinski definition) is 1. The van der Waals surface area contributed by atoms with Crippen molar-refractivity contribution in [1.29, 1.82) is 0 Å². The van der Waals surface area contributed by atoms with Gasteiger partial charge in [0.15, 0.2) is 0 Å². The van der Waals surface area contributed by atoms with Crippen LogP contribution in [0.15, 0.2) is 24.3 Å². The Kier molecular flexibility index (Phi) is 20.6. The molecule has 0 aliphatic carbocycles. The molecule has 1 heterocycles. The van der Waals surface area contributed by atoms with E-state index in [1.54, 1.807) is 0 Å². The van der Waals surface area contributed by atoms with Crippen molar-refractivity contribution in [2.75, 3.05) is 13.1 Å². The molecule has 1 aliphatic heterocycles. The van der Waals surface area contributed by atoms with Gasteiger partial charge in [0.05, 0.1) is 0 Å². The van der Waals surface area contributed by atoms with Crippen LogP contribution < -0.4 is 0 Å². The zero-order chi connectivity index (χ0) is 23.8. The average molecular weight is 460 g/mol. The van der Waals surface area contributed by atoms with E-state index in [4.69, 9.17) is 0 Å². The van der Waals surface area contributed by atoms with Crippen molar-refractivity contribution < 1.29 is 4.79 Å². The topological polar surface area (TPSA) is 20.3 Å². The lowest BCUT2D eigenvalue weighted by Crippen LogP contribution is -2.27. The summed E-state index contributed by atoms with van der Waals surface area (Å²) in [5, 5.41) is 0. The van der Waals surface area contributed by atoms with Crippen LogP contribution in [-0.2, 0) is 4.79 Å². The highest BCUT2D eigenvalue weighted by Gasteiger charge is 2.16.